The summed E-state index contributed by atoms with van der Waals surface area (Å²) in [5, 5.41) is 10.3. The van der Waals surface area contributed by atoms with Crippen LogP contribution in [-0.4, -0.2) is 53.2 Å². The summed E-state index contributed by atoms with van der Waals surface area (Å²) in [6, 6.07) is 1.95. The number of halogens is 1. The van der Waals surface area contributed by atoms with E-state index < -0.39 is 0 Å². The molecule has 0 bridgehead atoms. The molecule has 0 aromatic carbocycles. The van der Waals surface area contributed by atoms with Gasteiger partial charge in [0, 0.05) is 12.6 Å². The second-order valence-electron chi connectivity index (χ2n) is 4.17. The van der Waals surface area contributed by atoms with Gasteiger partial charge in [0.1, 0.15) is 11.0 Å². The van der Waals surface area contributed by atoms with Crippen LogP contribution >= 0.6 is 23.4 Å². The zero-order valence-corrected chi connectivity index (χ0v) is 11.9. The molecule has 2 rings (SSSR count). The summed E-state index contributed by atoms with van der Waals surface area (Å²) < 4.78 is 5.50. The van der Waals surface area contributed by atoms with Crippen molar-refractivity contribution in [3.05, 3.63) is 11.2 Å². The van der Waals surface area contributed by atoms with Crippen LogP contribution in [0.2, 0.25) is 5.15 Å². The SMILES string of the molecule is CSc1nc(Cl)cc(N2CC(CO)OCC2C)n1. The topological polar surface area (TPSA) is 58.5 Å². The highest BCUT2D eigenvalue weighted by atomic mass is 35.5. The van der Waals surface area contributed by atoms with E-state index in [0.29, 0.717) is 23.5 Å². The monoisotopic (exact) mass is 289 g/mol. The summed E-state index contributed by atoms with van der Waals surface area (Å²) in [4.78, 5) is 10.7. The third-order valence-electron chi connectivity index (χ3n) is 2.85. The Hall–Kier alpha value is -0.560. The number of morpholine rings is 1. The van der Waals surface area contributed by atoms with E-state index in [0.717, 1.165) is 5.82 Å². The minimum absolute atomic E-state index is 0.0113. The number of hydrogen-bond donors (Lipinski definition) is 1. The van der Waals surface area contributed by atoms with Crippen LogP contribution in [0.15, 0.2) is 11.2 Å². The molecule has 2 atom stereocenters. The highest BCUT2D eigenvalue weighted by Crippen LogP contribution is 2.24. The molecule has 7 heteroatoms. The van der Waals surface area contributed by atoms with Crippen LogP contribution < -0.4 is 4.90 Å². The lowest BCUT2D eigenvalue weighted by Gasteiger charge is -2.38. The van der Waals surface area contributed by atoms with E-state index in [4.69, 9.17) is 16.3 Å². The van der Waals surface area contributed by atoms with E-state index in [1.54, 1.807) is 6.07 Å². The third kappa shape index (κ3) is 3.06. The van der Waals surface area contributed by atoms with Gasteiger partial charge in [0.2, 0.25) is 0 Å². The number of anilines is 1. The van der Waals surface area contributed by atoms with E-state index in [-0.39, 0.29) is 18.8 Å². The molecule has 1 aliphatic heterocycles. The maximum atomic E-state index is 9.18. The summed E-state index contributed by atoms with van der Waals surface area (Å²) in [6.45, 7) is 3.25. The highest BCUT2D eigenvalue weighted by Gasteiger charge is 2.27. The molecule has 0 spiro atoms. The van der Waals surface area contributed by atoms with Gasteiger partial charge in [0.05, 0.1) is 25.4 Å². The third-order valence-corrected chi connectivity index (χ3v) is 3.59. The Kier molecular flexibility index (Phi) is 4.66. The van der Waals surface area contributed by atoms with Crippen LogP contribution in [0.1, 0.15) is 6.92 Å². The van der Waals surface area contributed by atoms with E-state index in [9.17, 15) is 5.11 Å². The first-order valence-corrected chi connectivity index (χ1v) is 7.32. The van der Waals surface area contributed by atoms with Gasteiger partial charge in [-0.25, -0.2) is 9.97 Å². The molecule has 100 valence electrons. The molecule has 0 aliphatic carbocycles. The first kappa shape index (κ1) is 13.9. The number of nitrogens with zero attached hydrogens (tertiary/aromatic N) is 3. The van der Waals surface area contributed by atoms with Gasteiger partial charge in [0.25, 0.3) is 0 Å². The van der Waals surface area contributed by atoms with Gasteiger partial charge < -0.3 is 14.7 Å². The van der Waals surface area contributed by atoms with Crippen molar-refractivity contribution >= 4 is 29.2 Å². The smallest absolute Gasteiger partial charge is 0.190 e. The van der Waals surface area contributed by atoms with Gasteiger partial charge in [-0.3, -0.25) is 0 Å². The van der Waals surface area contributed by atoms with E-state index in [1.165, 1.54) is 11.8 Å². The largest absolute Gasteiger partial charge is 0.394 e. The zero-order valence-electron chi connectivity index (χ0n) is 10.3. The Morgan fingerprint density at radius 1 is 1.61 bits per heavy atom. The molecule has 1 fully saturated rings. The minimum atomic E-state index is -0.173. The van der Waals surface area contributed by atoms with Crippen LogP contribution in [0, 0.1) is 0 Å². The molecule has 1 aliphatic rings. The predicted molar refractivity (Wildman–Crippen MR) is 72.5 cm³/mol. The molecule has 18 heavy (non-hydrogen) atoms. The Bertz CT molecular complexity index is 421. The molecule has 1 N–H and O–H groups in total. The van der Waals surface area contributed by atoms with Crippen LogP contribution in [0.3, 0.4) is 0 Å². The Morgan fingerprint density at radius 3 is 3.06 bits per heavy atom. The van der Waals surface area contributed by atoms with Crippen LogP contribution in [0.5, 0.6) is 0 Å². The summed E-state index contributed by atoms with van der Waals surface area (Å²) >= 11 is 7.45. The number of rotatable bonds is 3. The van der Waals surface area contributed by atoms with Crippen molar-refractivity contribution in [3.63, 3.8) is 0 Å². The second-order valence-corrected chi connectivity index (χ2v) is 5.34. The maximum Gasteiger partial charge on any atom is 0.190 e. The maximum absolute atomic E-state index is 9.18. The van der Waals surface area contributed by atoms with E-state index >= 15 is 0 Å². The minimum Gasteiger partial charge on any atom is -0.394 e. The van der Waals surface area contributed by atoms with Gasteiger partial charge in [0.15, 0.2) is 5.16 Å². The molecule has 2 unspecified atom stereocenters. The van der Waals surface area contributed by atoms with E-state index in [1.807, 2.05) is 6.26 Å². The summed E-state index contributed by atoms with van der Waals surface area (Å²) in [5.41, 5.74) is 0. The first-order valence-electron chi connectivity index (χ1n) is 5.71. The number of aliphatic hydroxyl groups excluding tert-OH is 1. The second kappa shape index (κ2) is 6.06. The Labute approximate surface area is 116 Å². The molecule has 0 amide bonds. The van der Waals surface area contributed by atoms with Crippen molar-refractivity contribution in [1.82, 2.24) is 9.97 Å². The summed E-state index contributed by atoms with van der Waals surface area (Å²) in [5.74, 6) is 0.786. The van der Waals surface area contributed by atoms with Crippen molar-refractivity contribution in [1.29, 1.82) is 0 Å². The van der Waals surface area contributed by atoms with E-state index in [2.05, 4.69) is 21.8 Å². The van der Waals surface area contributed by atoms with Crippen LogP contribution in [-0.2, 0) is 4.74 Å². The Morgan fingerprint density at radius 2 is 2.39 bits per heavy atom. The lowest BCUT2D eigenvalue weighted by Crippen LogP contribution is -2.50. The molecule has 0 radical (unpaired) electrons. The quantitative estimate of drug-likeness (QED) is 0.516. The van der Waals surface area contributed by atoms with Crippen molar-refractivity contribution in [2.45, 2.75) is 24.2 Å². The number of hydrogen-bond acceptors (Lipinski definition) is 6. The Balaban J connectivity index is 2.25. The number of ether oxygens (including phenoxy) is 1. The van der Waals surface area contributed by atoms with Gasteiger partial charge in [-0.15, -0.1) is 0 Å². The average Bonchev–Trinajstić information content (AvgIpc) is 2.38. The number of aromatic nitrogens is 2. The van der Waals surface area contributed by atoms with Crippen molar-refractivity contribution < 1.29 is 9.84 Å². The fraction of sp³-hybridized carbons (Fsp3) is 0.636. The van der Waals surface area contributed by atoms with Gasteiger partial charge in [-0.05, 0) is 13.2 Å². The highest BCUT2D eigenvalue weighted by molar-refractivity contribution is 7.98. The number of thioether (sulfide) groups is 1. The molecule has 1 aromatic rings. The molecule has 1 aromatic heterocycles. The summed E-state index contributed by atoms with van der Waals surface area (Å²) in [7, 11) is 0. The van der Waals surface area contributed by atoms with Crippen LogP contribution in [0.4, 0.5) is 5.82 Å². The summed E-state index contributed by atoms with van der Waals surface area (Å²) in [6.07, 6.45) is 1.74. The van der Waals surface area contributed by atoms with Crippen molar-refractivity contribution in [2.24, 2.45) is 0 Å². The molecule has 1 saturated heterocycles. The van der Waals surface area contributed by atoms with Gasteiger partial charge in [-0.1, -0.05) is 23.4 Å². The van der Waals surface area contributed by atoms with Gasteiger partial charge >= 0.3 is 0 Å². The first-order chi connectivity index (χ1) is 8.63. The molecule has 0 saturated carbocycles. The average molecular weight is 290 g/mol. The molecule has 5 nitrogen and oxygen atoms in total. The number of aliphatic hydroxyl groups is 1. The predicted octanol–water partition coefficient (Wildman–Crippen LogP) is 1.44. The zero-order chi connectivity index (χ0) is 13.1. The fourth-order valence-corrected chi connectivity index (χ4v) is 2.47. The van der Waals surface area contributed by atoms with Gasteiger partial charge in [-0.2, -0.15) is 0 Å². The lowest BCUT2D eigenvalue weighted by molar-refractivity contribution is -0.0106. The molecular formula is C11H16ClN3O2S. The van der Waals surface area contributed by atoms with Crippen molar-refractivity contribution in [3.8, 4) is 0 Å². The molecule has 2 heterocycles. The van der Waals surface area contributed by atoms with Crippen LogP contribution in [0.25, 0.3) is 0 Å². The standard InChI is InChI=1S/C11H16ClN3O2S/c1-7-6-17-8(5-16)4-15(7)10-3-9(12)13-11(14-10)18-2/h3,7-8,16H,4-6H2,1-2H3. The van der Waals surface area contributed by atoms with Crippen molar-refractivity contribution in [2.75, 3.05) is 30.9 Å². The normalized spacial score (nSPS) is 24.3. The lowest BCUT2D eigenvalue weighted by atomic mass is 10.2. The fourth-order valence-electron chi connectivity index (χ4n) is 1.87. The molecular weight excluding hydrogens is 274 g/mol.